The van der Waals surface area contributed by atoms with Gasteiger partial charge in [-0.1, -0.05) is 17.7 Å². The van der Waals surface area contributed by atoms with E-state index in [1.54, 1.807) is 0 Å². The number of carbonyl (C=O) groups is 1. The summed E-state index contributed by atoms with van der Waals surface area (Å²) in [6, 6.07) is 4.47. The van der Waals surface area contributed by atoms with Crippen molar-refractivity contribution >= 4 is 5.97 Å². The Morgan fingerprint density at radius 1 is 1.30 bits per heavy atom. The molecular formula is C17H25NO2. The number of carboxylic acids is 1. The van der Waals surface area contributed by atoms with Gasteiger partial charge in [-0.15, -0.1) is 0 Å². The van der Waals surface area contributed by atoms with E-state index in [1.165, 1.54) is 22.3 Å². The van der Waals surface area contributed by atoms with Gasteiger partial charge in [0.05, 0.1) is 5.92 Å². The fourth-order valence-corrected chi connectivity index (χ4v) is 3.33. The molecule has 0 bridgehead atoms. The number of likely N-dealkylation sites (tertiary alicyclic amines) is 1. The Bertz CT molecular complexity index is 473. The average Bonchev–Trinajstić information content (AvgIpc) is 2.37. The molecule has 0 aromatic heterocycles. The van der Waals surface area contributed by atoms with E-state index in [-0.39, 0.29) is 5.92 Å². The number of piperidine rings is 1. The number of benzene rings is 1. The smallest absolute Gasteiger partial charge is 0.307 e. The van der Waals surface area contributed by atoms with E-state index in [0.29, 0.717) is 6.54 Å². The van der Waals surface area contributed by atoms with Gasteiger partial charge in [0.1, 0.15) is 0 Å². The molecule has 1 saturated heterocycles. The first-order valence-corrected chi connectivity index (χ1v) is 7.49. The number of hydrogen-bond donors (Lipinski definition) is 1. The molecule has 1 aromatic carbocycles. The van der Waals surface area contributed by atoms with Crippen LogP contribution in [0.15, 0.2) is 12.1 Å². The molecule has 0 radical (unpaired) electrons. The number of rotatable bonds is 4. The Kier molecular flexibility index (Phi) is 4.81. The zero-order valence-corrected chi connectivity index (χ0v) is 12.8. The highest BCUT2D eigenvalue weighted by Gasteiger charge is 2.25. The average molecular weight is 275 g/mol. The van der Waals surface area contributed by atoms with Gasteiger partial charge in [-0.25, -0.2) is 0 Å². The quantitative estimate of drug-likeness (QED) is 0.918. The lowest BCUT2D eigenvalue weighted by molar-refractivity contribution is -0.143. The van der Waals surface area contributed by atoms with E-state index in [2.05, 4.69) is 37.8 Å². The third-order valence-corrected chi connectivity index (χ3v) is 4.37. The van der Waals surface area contributed by atoms with Gasteiger partial charge in [-0.05, 0) is 63.3 Å². The van der Waals surface area contributed by atoms with Gasteiger partial charge < -0.3 is 10.0 Å². The highest BCUT2D eigenvalue weighted by molar-refractivity contribution is 5.70. The van der Waals surface area contributed by atoms with Crippen LogP contribution in [0.3, 0.4) is 0 Å². The molecule has 1 unspecified atom stereocenters. The predicted octanol–water partition coefficient (Wildman–Crippen LogP) is 2.95. The molecule has 0 aliphatic carbocycles. The molecule has 3 nitrogen and oxygen atoms in total. The Morgan fingerprint density at radius 3 is 2.55 bits per heavy atom. The summed E-state index contributed by atoms with van der Waals surface area (Å²) in [7, 11) is 0. The zero-order valence-electron chi connectivity index (χ0n) is 12.8. The molecule has 0 saturated carbocycles. The molecule has 1 N–H and O–H groups in total. The van der Waals surface area contributed by atoms with Gasteiger partial charge in [0.15, 0.2) is 0 Å². The van der Waals surface area contributed by atoms with Gasteiger partial charge in [0.2, 0.25) is 0 Å². The fraction of sp³-hybridized carbons (Fsp3) is 0.588. The van der Waals surface area contributed by atoms with Crippen molar-refractivity contribution in [2.24, 2.45) is 5.92 Å². The summed E-state index contributed by atoms with van der Waals surface area (Å²) in [5.41, 5.74) is 5.45. The minimum absolute atomic E-state index is 0.177. The Labute approximate surface area is 121 Å². The molecule has 1 fully saturated rings. The SMILES string of the molecule is Cc1cc(C)c(CCN2CCCC(C(=O)O)C2)c(C)c1. The maximum absolute atomic E-state index is 11.1. The second-order valence-corrected chi connectivity index (χ2v) is 6.11. The topological polar surface area (TPSA) is 40.5 Å². The third-order valence-electron chi connectivity index (χ3n) is 4.37. The second kappa shape index (κ2) is 6.40. The van der Waals surface area contributed by atoms with Gasteiger partial charge in [0, 0.05) is 13.1 Å². The minimum Gasteiger partial charge on any atom is -0.481 e. The summed E-state index contributed by atoms with van der Waals surface area (Å²) < 4.78 is 0. The van der Waals surface area contributed by atoms with Crippen molar-refractivity contribution in [2.75, 3.05) is 19.6 Å². The number of aliphatic carboxylic acids is 1. The molecule has 0 amide bonds. The lowest BCUT2D eigenvalue weighted by Crippen LogP contribution is -2.39. The number of nitrogens with zero attached hydrogens (tertiary/aromatic N) is 1. The number of aryl methyl sites for hydroxylation is 3. The molecule has 20 heavy (non-hydrogen) atoms. The van der Waals surface area contributed by atoms with Crippen molar-refractivity contribution in [3.63, 3.8) is 0 Å². The summed E-state index contributed by atoms with van der Waals surface area (Å²) >= 11 is 0. The predicted molar refractivity (Wildman–Crippen MR) is 81.2 cm³/mol. The molecular weight excluding hydrogens is 250 g/mol. The molecule has 1 aliphatic heterocycles. The summed E-state index contributed by atoms with van der Waals surface area (Å²) in [6.45, 7) is 9.19. The van der Waals surface area contributed by atoms with E-state index in [4.69, 9.17) is 5.11 Å². The van der Waals surface area contributed by atoms with Crippen molar-refractivity contribution in [2.45, 2.75) is 40.0 Å². The van der Waals surface area contributed by atoms with Crippen molar-refractivity contribution in [1.82, 2.24) is 4.90 Å². The summed E-state index contributed by atoms with van der Waals surface area (Å²) in [4.78, 5) is 13.4. The molecule has 110 valence electrons. The van der Waals surface area contributed by atoms with Crippen LogP contribution < -0.4 is 0 Å². The Hall–Kier alpha value is -1.35. The van der Waals surface area contributed by atoms with Crippen LogP contribution in [0.5, 0.6) is 0 Å². The fourth-order valence-electron chi connectivity index (χ4n) is 3.33. The normalized spacial score (nSPS) is 20.1. The first-order valence-electron chi connectivity index (χ1n) is 7.49. The van der Waals surface area contributed by atoms with Gasteiger partial charge in [-0.3, -0.25) is 4.79 Å². The van der Waals surface area contributed by atoms with Crippen molar-refractivity contribution < 1.29 is 9.90 Å². The molecule has 3 heteroatoms. The highest BCUT2D eigenvalue weighted by atomic mass is 16.4. The molecule has 0 spiro atoms. The van der Waals surface area contributed by atoms with Crippen molar-refractivity contribution in [3.8, 4) is 0 Å². The summed E-state index contributed by atoms with van der Waals surface area (Å²) in [5.74, 6) is -0.818. The van der Waals surface area contributed by atoms with Gasteiger partial charge >= 0.3 is 5.97 Å². The van der Waals surface area contributed by atoms with E-state index in [9.17, 15) is 4.79 Å². The van der Waals surface area contributed by atoms with Crippen LogP contribution in [-0.4, -0.2) is 35.6 Å². The maximum Gasteiger partial charge on any atom is 0.307 e. The highest BCUT2D eigenvalue weighted by Crippen LogP contribution is 2.20. The summed E-state index contributed by atoms with van der Waals surface area (Å²) in [6.07, 6.45) is 2.85. The number of hydrogen-bond acceptors (Lipinski definition) is 2. The van der Waals surface area contributed by atoms with Gasteiger partial charge in [-0.2, -0.15) is 0 Å². The molecule has 1 heterocycles. The van der Waals surface area contributed by atoms with E-state index in [0.717, 1.165) is 32.4 Å². The lowest BCUT2D eigenvalue weighted by atomic mass is 9.95. The molecule has 2 rings (SSSR count). The molecule has 1 aromatic rings. The first kappa shape index (κ1) is 15.0. The van der Waals surface area contributed by atoms with Crippen molar-refractivity contribution in [3.05, 3.63) is 34.4 Å². The summed E-state index contributed by atoms with van der Waals surface area (Å²) in [5, 5.41) is 9.13. The van der Waals surface area contributed by atoms with Crippen LogP contribution in [0.1, 0.15) is 35.1 Å². The minimum atomic E-state index is -0.641. The van der Waals surface area contributed by atoms with E-state index >= 15 is 0 Å². The standard InChI is InChI=1S/C17H25NO2/c1-12-9-13(2)16(14(3)10-12)6-8-18-7-4-5-15(11-18)17(19)20/h9-10,15H,4-8,11H2,1-3H3,(H,19,20). The third kappa shape index (κ3) is 3.60. The van der Waals surface area contributed by atoms with Crippen LogP contribution in [0, 0.1) is 26.7 Å². The molecule has 1 aliphatic rings. The van der Waals surface area contributed by atoms with Crippen LogP contribution in [0.2, 0.25) is 0 Å². The Balaban J connectivity index is 1.97. The monoisotopic (exact) mass is 275 g/mol. The van der Waals surface area contributed by atoms with Gasteiger partial charge in [0.25, 0.3) is 0 Å². The Morgan fingerprint density at radius 2 is 1.95 bits per heavy atom. The van der Waals surface area contributed by atoms with Crippen molar-refractivity contribution in [1.29, 1.82) is 0 Å². The second-order valence-electron chi connectivity index (χ2n) is 6.11. The van der Waals surface area contributed by atoms with E-state index < -0.39 is 5.97 Å². The lowest BCUT2D eigenvalue weighted by Gasteiger charge is -2.30. The largest absolute Gasteiger partial charge is 0.481 e. The first-order chi connectivity index (χ1) is 9.47. The van der Waals surface area contributed by atoms with E-state index in [1.807, 2.05) is 0 Å². The number of carboxylic acid groups (broad SMARTS) is 1. The van der Waals surface area contributed by atoms with Crippen LogP contribution in [0.25, 0.3) is 0 Å². The van der Waals surface area contributed by atoms with Crippen LogP contribution >= 0.6 is 0 Å². The van der Waals surface area contributed by atoms with Crippen LogP contribution in [0.4, 0.5) is 0 Å². The molecule has 1 atom stereocenters. The maximum atomic E-state index is 11.1. The zero-order chi connectivity index (χ0) is 14.7. The van der Waals surface area contributed by atoms with Crippen LogP contribution in [-0.2, 0) is 11.2 Å².